The molecule has 1 saturated heterocycles. The SMILES string of the molecule is O=C(O)N1CCC(N2CCc3ccc(F)cc3C2)CC1. The zero-order valence-electron chi connectivity index (χ0n) is 11.4. The van der Waals surface area contributed by atoms with Crippen LogP contribution >= 0.6 is 0 Å². The highest BCUT2D eigenvalue weighted by molar-refractivity contribution is 5.65. The minimum atomic E-state index is -0.825. The minimum Gasteiger partial charge on any atom is -0.465 e. The van der Waals surface area contributed by atoms with Gasteiger partial charge < -0.3 is 10.0 Å². The first-order valence-electron chi connectivity index (χ1n) is 7.13. The summed E-state index contributed by atoms with van der Waals surface area (Å²) in [5.41, 5.74) is 2.32. The van der Waals surface area contributed by atoms with Gasteiger partial charge in [-0.1, -0.05) is 6.07 Å². The molecule has 0 aliphatic carbocycles. The third-order valence-electron chi connectivity index (χ3n) is 4.46. The Morgan fingerprint density at radius 2 is 1.95 bits per heavy atom. The molecule has 0 bridgehead atoms. The maximum atomic E-state index is 13.3. The summed E-state index contributed by atoms with van der Waals surface area (Å²) in [6, 6.07) is 5.46. The zero-order chi connectivity index (χ0) is 14.1. The van der Waals surface area contributed by atoms with Crippen molar-refractivity contribution in [3.63, 3.8) is 0 Å². The molecule has 0 atom stereocenters. The van der Waals surface area contributed by atoms with E-state index < -0.39 is 6.09 Å². The van der Waals surface area contributed by atoms with Crippen LogP contribution in [0.25, 0.3) is 0 Å². The van der Waals surface area contributed by atoms with E-state index in [1.165, 1.54) is 16.5 Å². The molecule has 1 aromatic rings. The van der Waals surface area contributed by atoms with Crippen LogP contribution in [-0.4, -0.2) is 46.7 Å². The van der Waals surface area contributed by atoms with E-state index in [0.717, 1.165) is 37.9 Å². The molecule has 3 rings (SSSR count). The van der Waals surface area contributed by atoms with Gasteiger partial charge in [-0.05, 0) is 42.5 Å². The van der Waals surface area contributed by atoms with Crippen molar-refractivity contribution in [1.82, 2.24) is 9.80 Å². The van der Waals surface area contributed by atoms with Gasteiger partial charge in [-0.15, -0.1) is 0 Å². The van der Waals surface area contributed by atoms with E-state index >= 15 is 0 Å². The van der Waals surface area contributed by atoms with Crippen LogP contribution in [0.2, 0.25) is 0 Å². The lowest BCUT2D eigenvalue weighted by Crippen LogP contribution is -2.47. The fourth-order valence-corrected chi connectivity index (χ4v) is 3.28. The average molecular weight is 278 g/mol. The number of piperidine rings is 1. The molecule has 2 aliphatic heterocycles. The lowest BCUT2D eigenvalue weighted by Gasteiger charge is -2.40. The molecule has 20 heavy (non-hydrogen) atoms. The van der Waals surface area contributed by atoms with Gasteiger partial charge in [0.25, 0.3) is 0 Å². The van der Waals surface area contributed by atoms with Crippen LogP contribution in [0.15, 0.2) is 18.2 Å². The number of carbonyl (C=O) groups is 1. The molecule has 2 heterocycles. The third kappa shape index (κ3) is 2.63. The lowest BCUT2D eigenvalue weighted by molar-refractivity contribution is 0.0884. The van der Waals surface area contributed by atoms with Gasteiger partial charge in [0.1, 0.15) is 5.82 Å². The van der Waals surface area contributed by atoms with Crippen LogP contribution < -0.4 is 0 Å². The molecule has 0 unspecified atom stereocenters. The van der Waals surface area contributed by atoms with Gasteiger partial charge in [0.15, 0.2) is 0 Å². The molecule has 2 aliphatic rings. The van der Waals surface area contributed by atoms with Crippen LogP contribution in [0.1, 0.15) is 24.0 Å². The number of hydrogen-bond donors (Lipinski definition) is 1. The Bertz CT molecular complexity index is 513. The van der Waals surface area contributed by atoms with Gasteiger partial charge in [0.05, 0.1) is 0 Å². The van der Waals surface area contributed by atoms with Crippen LogP contribution in [0.5, 0.6) is 0 Å². The predicted octanol–water partition coefficient (Wildman–Crippen LogP) is 2.33. The predicted molar refractivity (Wildman–Crippen MR) is 73.1 cm³/mol. The summed E-state index contributed by atoms with van der Waals surface area (Å²) in [7, 11) is 0. The molecule has 0 saturated carbocycles. The summed E-state index contributed by atoms with van der Waals surface area (Å²) in [5, 5.41) is 8.97. The minimum absolute atomic E-state index is 0.175. The van der Waals surface area contributed by atoms with E-state index in [1.54, 1.807) is 6.07 Å². The van der Waals surface area contributed by atoms with E-state index in [-0.39, 0.29) is 5.82 Å². The number of halogens is 1. The number of benzene rings is 1. The number of hydrogen-bond acceptors (Lipinski definition) is 2. The highest BCUT2D eigenvalue weighted by Crippen LogP contribution is 2.25. The van der Waals surface area contributed by atoms with Gasteiger partial charge in [-0.3, -0.25) is 4.90 Å². The molecular weight excluding hydrogens is 259 g/mol. The van der Waals surface area contributed by atoms with Crippen LogP contribution in [0.4, 0.5) is 9.18 Å². The highest BCUT2D eigenvalue weighted by Gasteiger charge is 2.28. The van der Waals surface area contributed by atoms with Crippen molar-refractivity contribution in [2.45, 2.75) is 31.8 Å². The smallest absolute Gasteiger partial charge is 0.407 e. The normalized spacial score (nSPS) is 20.8. The van der Waals surface area contributed by atoms with Crippen molar-refractivity contribution in [2.24, 2.45) is 0 Å². The number of rotatable bonds is 1. The van der Waals surface area contributed by atoms with E-state index in [1.807, 2.05) is 6.07 Å². The van der Waals surface area contributed by atoms with Gasteiger partial charge in [-0.2, -0.15) is 0 Å². The van der Waals surface area contributed by atoms with Crippen molar-refractivity contribution in [1.29, 1.82) is 0 Å². The second kappa shape index (κ2) is 5.40. The monoisotopic (exact) mass is 278 g/mol. The van der Waals surface area contributed by atoms with E-state index in [2.05, 4.69) is 4.90 Å². The van der Waals surface area contributed by atoms with E-state index in [0.29, 0.717) is 19.1 Å². The molecule has 1 amide bonds. The fraction of sp³-hybridized carbons (Fsp3) is 0.533. The number of amides is 1. The molecule has 5 heteroatoms. The molecule has 0 aromatic heterocycles. The number of fused-ring (bicyclic) bond motifs is 1. The Kier molecular flexibility index (Phi) is 3.61. The van der Waals surface area contributed by atoms with Crippen molar-refractivity contribution in [3.8, 4) is 0 Å². The van der Waals surface area contributed by atoms with Crippen molar-refractivity contribution < 1.29 is 14.3 Å². The van der Waals surface area contributed by atoms with Gasteiger partial charge >= 0.3 is 6.09 Å². The van der Waals surface area contributed by atoms with E-state index in [9.17, 15) is 9.18 Å². The molecule has 1 aromatic carbocycles. The standard InChI is InChI=1S/C15H19FN2O2/c16-13-2-1-11-3-6-18(10-12(11)9-13)14-4-7-17(8-5-14)15(19)20/h1-2,9,14H,3-8,10H2,(H,19,20). The second-order valence-corrected chi connectivity index (χ2v) is 5.63. The van der Waals surface area contributed by atoms with Crippen molar-refractivity contribution in [2.75, 3.05) is 19.6 Å². The quantitative estimate of drug-likeness (QED) is 0.857. The summed E-state index contributed by atoms with van der Waals surface area (Å²) in [6.45, 7) is 2.97. The maximum absolute atomic E-state index is 13.3. The Balaban J connectivity index is 1.64. The highest BCUT2D eigenvalue weighted by atomic mass is 19.1. The first kappa shape index (κ1) is 13.4. The molecule has 0 radical (unpaired) electrons. The lowest BCUT2D eigenvalue weighted by atomic mass is 9.95. The summed E-state index contributed by atoms with van der Waals surface area (Å²) in [6.07, 6.45) is 1.87. The Morgan fingerprint density at radius 1 is 1.20 bits per heavy atom. The van der Waals surface area contributed by atoms with Gasteiger partial charge in [-0.25, -0.2) is 9.18 Å². The summed E-state index contributed by atoms with van der Waals surface area (Å²) in [5.74, 6) is -0.175. The molecule has 1 fully saturated rings. The average Bonchev–Trinajstić information content (AvgIpc) is 2.46. The first-order chi connectivity index (χ1) is 9.63. The summed E-state index contributed by atoms with van der Waals surface area (Å²) >= 11 is 0. The molecule has 0 spiro atoms. The Morgan fingerprint density at radius 3 is 2.65 bits per heavy atom. The summed E-state index contributed by atoms with van der Waals surface area (Å²) < 4.78 is 13.3. The number of likely N-dealkylation sites (tertiary alicyclic amines) is 1. The summed E-state index contributed by atoms with van der Waals surface area (Å²) in [4.78, 5) is 14.8. The zero-order valence-corrected chi connectivity index (χ0v) is 11.4. The molecular formula is C15H19FN2O2. The maximum Gasteiger partial charge on any atom is 0.407 e. The van der Waals surface area contributed by atoms with Crippen LogP contribution in [0, 0.1) is 5.82 Å². The number of carboxylic acid groups (broad SMARTS) is 1. The second-order valence-electron chi connectivity index (χ2n) is 5.63. The Hall–Kier alpha value is -1.62. The molecule has 1 N–H and O–H groups in total. The topological polar surface area (TPSA) is 43.8 Å². The largest absolute Gasteiger partial charge is 0.465 e. The van der Waals surface area contributed by atoms with Gasteiger partial charge in [0.2, 0.25) is 0 Å². The first-order valence-corrected chi connectivity index (χ1v) is 7.13. The van der Waals surface area contributed by atoms with Crippen LogP contribution in [-0.2, 0) is 13.0 Å². The fourth-order valence-electron chi connectivity index (χ4n) is 3.28. The van der Waals surface area contributed by atoms with E-state index in [4.69, 9.17) is 5.11 Å². The van der Waals surface area contributed by atoms with Crippen molar-refractivity contribution >= 4 is 6.09 Å². The van der Waals surface area contributed by atoms with Gasteiger partial charge in [0, 0.05) is 32.2 Å². The number of nitrogens with zero attached hydrogens (tertiary/aromatic N) is 2. The van der Waals surface area contributed by atoms with Crippen LogP contribution in [0.3, 0.4) is 0 Å². The van der Waals surface area contributed by atoms with Crippen molar-refractivity contribution in [3.05, 3.63) is 35.1 Å². The Labute approximate surface area is 117 Å². The molecule has 4 nitrogen and oxygen atoms in total. The third-order valence-corrected chi connectivity index (χ3v) is 4.46. The molecule has 108 valence electrons.